The van der Waals surface area contributed by atoms with Crippen LogP contribution in [-0.2, 0) is 4.79 Å². The fourth-order valence-corrected chi connectivity index (χ4v) is 2.74. The third-order valence-electron chi connectivity index (χ3n) is 4.18. The Hall–Kier alpha value is -3.42. The molecule has 0 aliphatic heterocycles. The van der Waals surface area contributed by atoms with Gasteiger partial charge in [-0.3, -0.25) is 14.9 Å². The number of anilines is 1. The highest BCUT2D eigenvalue weighted by Gasteiger charge is 2.13. The lowest BCUT2D eigenvalue weighted by Gasteiger charge is -2.11. The third kappa shape index (κ3) is 4.81. The number of aromatic nitrogens is 2. The number of hydrogen-bond acceptors (Lipinski definition) is 5. The molecule has 1 atom stereocenters. The molecule has 0 aliphatic carbocycles. The summed E-state index contributed by atoms with van der Waals surface area (Å²) in [4.78, 5) is 30.0. The average Bonchev–Trinajstić information content (AvgIpc) is 3.10. The van der Waals surface area contributed by atoms with Crippen molar-refractivity contribution in [2.24, 2.45) is 0 Å². The number of hydrogen-bond donors (Lipinski definition) is 3. The zero-order chi connectivity index (χ0) is 19.2. The maximum absolute atomic E-state index is 12.1. The average molecular weight is 367 g/mol. The van der Waals surface area contributed by atoms with E-state index in [4.69, 9.17) is 0 Å². The molecule has 8 heteroatoms. The second-order valence-corrected chi connectivity index (χ2v) is 6.26. The number of nitrogens with one attached hydrogen (secondary N) is 3. The number of amides is 1. The van der Waals surface area contributed by atoms with Gasteiger partial charge in [-0.05, 0) is 37.6 Å². The van der Waals surface area contributed by atoms with Gasteiger partial charge in [0.25, 0.3) is 5.69 Å². The number of nitro groups is 1. The number of nitro benzene ring substituents is 1. The number of carbonyl (C=O) groups is 1. The molecule has 3 N–H and O–H groups in total. The van der Waals surface area contributed by atoms with Gasteiger partial charge >= 0.3 is 0 Å². The normalized spacial score (nSPS) is 11.9. The zero-order valence-electron chi connectivity index (χ0n) is 14.9. The Morgan fingerprint density at radius 2 is 1.96 bits per heavy atom. The van der Waals surface area contributed by atoms with E-state index in [9.17, 15) is 14.9 Å². The fraction of sp³-hybridized carbons (Fsp3) is 0.263. The van der Waals surface area contributed by atoms with Gasteiger partial charge in [-0.2, -0.15) is 0 Å². The molecule has 0 fully saturated rings. The van der Waals surface area contributed by atoms with Gasteiger partial charge in [0.15, 0.2) is 0 Å². The first kappa shape index (κ1) is 18.4. The molecule has 0 bridgehead atoms. The highest BCUT2D eigenvalue weighted by molar-refractivity contribution is 5.77. The maximum atomic E-state index is 12.1. The minimum absolute atomic E-state index is 0.0477. The van der Waals surface area contributed by atoms with Crippen LogP contribution in [0.2, 0.25) is 0 Å². The number of nitrogens with zero attached hydrogens (tertiary/aromatic N) is 2. The summed E-state index contributed by atoms with van der Waals surface area (Å²) in [5.41, 5.74) is 2.66. The summed E-state index contributed by atoms with van der Waals surface area (Å²) in [5, 5.41) is 16.7. The summed E-state index contributed by atoms with van der Waals surface area (Å²) >= 11 is 0. The van der Waals surface area contributed by atoms with Gasteiger partial charge in [0, 0.05) is 30.8 Å². The predicted octanol–water partition coefficient (Wildman–Crippen LogP) is 3.54. The number of aromatic amines is 1. The van der Waals surface area contributed by atoms with Crippen molar-refractivity contribution in [2.75, 3.05) is 11.9 Å². The zero-order valence-corrected chi connectivity index (χ0v) is 14.9. The first-order valence-electron chi connectivity index (χ1n) is 8.75. The smallest absolute Gasteiger partial charge is 0.269 e. The van der Waals surface area contributed by atoms with E-state index in [1.807, 2.05) is 31.2 Å². The molecule has 8 nitrogen and oxygen atoms in total. The maximum Gasteiger partial charge on any atom is 0.269 e. The molecule has 1 heterocycles. The summed E-state index contributed by atoms with van der Waals surface area (Å²) in [6.07, 6.45) is 1.03. The van der Waals surface area contributed by atoms with E-state index in [2.05, 4.69) is 20.6 Å². The van der Waals surface area contributed by atoms with Crippen LogP contribution in [0.15, 0.2) is 48.5 Å². The van der Waals surface area contributed by atoms with Crippen molar-refractivity contribution < 1.29 is 9.72 Å². The Morgan fingerprint density at radius 3 is 2.67 bits per heavy atom. The van der Waals surface area contributed by atoms with Crippen LogP contribution >= 0.6 is 0 Å². The summed E-state index contributed by atoms with van der Waals surface area (Å²) in [5.74, 6) is 0.682. The van der Waals surface area contributed by atoms with E-state index in [0.29, 0.717) is 19.4 Å². The van der Waals surface area contributed by atoms with Crippen molar-refractivity contribution in [1.29, 1.82) is 0 Å². The fourth-order valence-electron chi connectivity index (χ4n) is 2.74. The Labute approximate surface area is 156 Å². The van der Waals surface area contributed by atoms with Gasteiger partial charge in [-0.15, -0.1) is 0 Å². The predicted molar refractivity (Wildman–Crippen MR) is 103 cm³/mol. The highest BCUT2D eigenvalue weighted by Crippen LogP contribution is 2.16. The van der Waals surface area contributed by atoms with Crippen molar-refractivity contribution in [1.82, 2.24) is 15.3 Å². The van der Waals surface area contributed by atoms with Crippen LogP contribution in [0.4, 0.5) is 11.4 Å². The molecular formula is C19H21N5O3. The van der Waals surface area contributed by atoms with Crippen molar-refractivity contribution in [3.63, 3.8) is 0 Å². The van der Waals surface area contributed by atoms with Crippen molar-refractivity contribution >= 4 is 28.3 Å². The standard InChI is InChI=1S/C19H21N5O3/c1-13(19-22-16-5-2-3-6-17(16)23-19)21-18(25)7-4-12-20-14-8-10-15(11-9-14)24(26)27/h2-3,5-6,8-11,13,20H,4,7,12H2,1H3,(H,21,25)(H,22,23). The summed E-state index contributed by atoms with van der Waals surface area (Å²) in [7, 11) is 0. The lowest BCUT2D eigenvalue weighted by Crippen LogP contribution is -2.27. The molecule has 1 unspecified atom stereocenters. The van der Waals surface area contributed by atoms with Crippen molar-refractivity contribution in [3.05, 3.63) is 64.5 Å². The van der Waals surface area contributed by atoms with Crippen LogP contribution in [0.25, 0.3) is 11.0 Å². The SMILES string of the molecule is CC(NC(=O)CCCNc1ccc([N+](=O)[O-])cc1)c1nc2ccccc2[nH]1. The molecular weight excluding hydrogens is 346 g/mol. The van der Waals surface area contributed by atoms with Gasteiger partial charge in [0.2, 0.25) is 5.91 Å². The van der Waals surface area contributed by atoms with Crippen LogP contribution in [0.1, 0.15) is 31.6 Å². The Morgan fingerprint density at radius 1 is 1.22 bits per heavy atom. The molecule has 1 aromatic heterocycles. The number of imidazole rings is 1. The van der Waals surface area contributed by atoms with Gasteiger partial charge in [-0.25, -0.2) is 4.98 Å². The van der Waals surface area contributed by atoms with Crippen LogP contribution in [0, 0.1) is 10.1 Å². The lowest BCUT2D eigenvalue weighted by molar-refractivity contribution is -0.384. The molecule has 0 saturated carbocycles. The number of rotatable bonds is 8. The largest absolute Gasteiger partial charge is 0.385 e. The number of para-hydroxylation sites is 2. The minimum atomic E-state index is -0.433. The van der Waals surface area contributed by atoms with Crippen LogP contribution in [0.3, 0.4) is 0 Å². The number of non-ortho nitro benzene ring substituents is 1. The van der Waals surface area contributed by atoms with E-state index in [1.165, 1.54) is 12.1 Å². The molecule has 1 amide bonds. The number of carbonyl (C=O) groups excluding carboxylic acids is 1. The molecule has 3 rings (SSSR count). The first-order valence-corrected chi connectivity index (χ1v) is 8.75. The van der Waals surface area contributed by atoms with E-state index in [-0.39, 0.29) is 17.6 Å². The summed E-state index contributed by atoms with van der Waals surface area (Å²) < 4.78 is 0. The minimum Gasteiger partial charge on any atom is -0.385 e. The third-order valence-corrected chi connectivity index (χ3v) is 4.18. The topological polar surface area (TPSA) is 113 Å². The van der Waals surface area contributed by atoms with Gasteiger partial charge < -0.3 is 15.6 Å². The number of H-pyrrole nitrogens is 1. The quantitative estimate of drug-likeness (QED) is 0.320. The van der Waals surface area contributed by atoms with Gasteiger partial charge in [0.05, 0.1) is 22.0 Å². The second kappa shape index (κ2) is 8.31. The first-order chi connectivity index (χ1) is 13.0. The molecule has 0 aliphatic rings. The Bertz CT molecular complexity index is 903. The Kier molecular flexibility index (Phi) is 5.65. The number of benzene rings is 2. The lowest BCUT2D eigenvalue weighted by atomic mass is 10.2. The molecule has 0 spiro atoms. The van der Waals surface area contributed by atoms with Crippen LogP contribution < -0.4 is 10.6 Å². The van der Waals surface area contributed by atoms with E-state index < -0.39 is 4.92 Å². The van der Waals surface area contributed by atoms with Crippen molar-refractivity contribution in [2.45, 2.75) is 25.8 Å². The summed E-state index contributed by atoms with van der Waals surface area (Å²) in [6.45, 7) is 2.50. The Balaban J connectivity index is 1.42. The second-order valence-electron chi connectivity index (χ2n) is 6.26. The van der Waals surface area contributed by atoms with Crippen LogP contribution in [0.5, 0.6) is 0 Å². The van der Waals surface area contributed by atoms with Crippen LogP contribution in [-0.4, -0.2) is 27.3 Å². The number of fused-ring (bicyclic) bond motifs is 1. The van der Waals surface area contributed by atoms with Gasteiger partial charge in [-0.1, -0.05) is 12.1 Å². The molecule has 2 aromatic carbocycles. The van der Waals surface area contributed by atoms with Gasteiger partial charge in [0.1, 0.15) is 5.82 Å². The van der Waals surface area contributed by atoms with Crippen molar-refractivity contribution in [3.8, 4) is 0 Å². The molecule has 3 aromatic rings. The molecule has 140 valence electrons. The monoisotopic (exact) mass is 367 g/mol. The molecule has 27 heavy (non-hydrogen) atoms. The van der Waals surface area contributed by atoms with E-state index >= 15 is 0 Å². The van der Waals surface area contributed by atoms with E-state index in [0.717, 1.165) is 22.5 Å². The molecule has 0 saturated heterocycles. The highest BCUT2D eigenvalue weighted by atomic mass is 16.6. The molecule has 0 radical (unpaired) electrons. The summed E-state index contributed by atoms with van der Waals surface area (Å²) in [6, 6.07) is 13.7. The van der Waals surface area contributed by atoms with E-state index in [1.54, 1.807) is 12.1 Å².